The molecular weight excluding hydrogens is 264 g/mol. The van der Waals surface area contributed by atoms with Crippen LogP contribution in [-0.2, 0) is 6.42 Å². The highest BCUT2D eigenvalue weighted by Crippen LogP contribution is 2.35. The maximum Gasteiger partial charge on any atom is 0.129 e. The van der Waals surface area contributed by atoms with Gasteiger partial charge in [-0.25, -0.2) is 0 Å². The fourth-order valence-corrected chi connectivity index (χ4v) is 1.99. The van der Waals surface area contributed by atoms with Gasteiger partial charge in [-0.1, -0.05) is 0 Å². The van der Waals surface area contributed by atoms with Crippen LogP contribution in [0.15, 0.2) is 12.1 Å². The van der Waals surface area contributed by atoms with Crippen LogP contribution in [0.5, 0.6) is 17.2 Å². The largest absolute Gasteiger partial charge is 0.496 e. The molecular formula is C14H22O6. The predicted molar refractivity (Wildman–Crippen MR) is 73.5 cm³/mol. The highest BCUT2D eigenvalue weighted by atomic mass is 16.5. The summed E-state index contributed by atoms with van der Waals surface area (Å²) in [6.07, 6.45) is -1.43. The number of hydrogen-bond acceptors (Lipinski definition) is 6. The average molecular weight is 286 g/mol. The van der Waals surface area contributed by atoms with Gasteiger partial charge in [0, 0.05) is 30.5 Å². The smallest absolute Gasteiger partial charge is 0.129 e. The van der Waals surface area contributed by atoms with Gasteiger partial charge in [-0.3, -0.25) is 0 Å². The molecule has 3 N–H and O–H groups in total. The van der Waals surface area contributed by atoms with E-state index < -0.39 is 12.2 Å². The van der Waals surface area contributed by atoms with Crippen molar-refractivity contribution in [1.29, 1.82) is 0 Å². The molecule has 2 unspecified atom stereocenters. The van der Waals surface area contributed by atoms with Crippen molar-refractivity contribution < 1.29 is 29.5 Å². The lowest BCUT2D eigenvalue weighted by Gasteiger charge is -2.18. The van der Waals surface area contributed by atoms with Crippen LogP contribution in [0.4, 0.5) is 0 Å². The molecule has 0 spiro atoms. The molecule has 0 amide bonds. The topological polar surface area (TPSA) is 88.4 Å². The van der Waals surface area contributed by atoms with Crippen LogP contribution in [0.1, 0.15) is 12.0 Å². The summed E-state index contributed by atoms with van der Waals surface area (Å²) >= 11 is 0. The molecule has 114 valence electrons. The monoisotopic (exact) mass is 286 g/mol. The van der Waals surface area contributed by atoms with E-state index in [1.807, 2.05) is 0 Å². The van der Waals surface area contributed by atoms with Crippen LogP contribution < -0.4 is 14.2 Å². The van der Waals surface area contributed by atoms with E-state index >= 15 is 0 Å². The third kappa shape index (κ3) is 4.26. The van der Waals surface area contributed by atoms with Crippen LogP contribution in [-0.4, -0.2) is 55.5 Å². The van der Waals surface area contributed by atoms with Gasteiger partial charge >= 0.3 is 0 Å². The molecule has 0 aromatic heterocycles. The van der Waals surface area contributed by atoms with Gasteiger partial charge in [-0.15, -0.1) is 0 Å². The van der Waals surface area contributed by atoms with Crippen molar-refractivity contribution >= 4 is 0 Å². The first-order valence-electron chi connectivity index (χ1n) is 6.31. The van der Waals surface area contributed by atoms with Crippen LogP contribution in [0, 0.1) is 0 Å². The van der Waals surface area contributed by atoms with Crippen molar-refractivity contribution in [2.24, 2.45) is 0 Å². The lowest BCUT2D eigenvalue weighted by molar-refractivity contribution is 0.0416. The van der Waals surface area contributed by atoms with Gasteiger partial charge in [-0.05, 0) is 0 Å². The normalized spacial score (nSPS) is 13.7. The minimum atomic E-state index is -0.944. The van der Waals surface area contributed by atoms with Crippen LogP contribution >= 0.6 is 0 Å². The number of methoxy groups -OCH3 is 3. The molecule has 6 nitrogen and oxygen atoms in total. The summed E-state index contributed by atoms with van der Waals surface area (Å²) in [5.41, 5.74) is 0.688. The van der Waals surface area contributed by atoms with E-state index in [1.54, 1.807) is 19.2 Å². The Kier molecular flexibility index (Phi) is 6.57. The summed E-state index contributed by atoms with van der Waals surface area (Å²) in [5, 5.41) is 28.1. The maximum atomic E-state index is 9.96. The van der Waals surface area contributed by atoms with E-state index in [2.05, 4.69) is 0 Å². The second-order valence-electron chi connectivity index (χ2n) is 4.44. The van der Waals surface area contributed by atoms with Crippen LogP contribution in [0.25, 0.3) is 0 Å². The van der Waals surface area contributed by atoms with E-state index in [0.29, 0.717) is 22.8 Å². The SMILES string of the molecule is COc1cc(OC)c(CC(O)CC(O)CO)c(OC)c1. The Morgan fingerprint density at radius 1 is 0.950 bits per heavy atom. The first kappa shape index (κ1) is 16.6. The number of rotatable bonds is 8. The van der Waals surface area contributed by atoms with Crippen molar-refractivity contribution in [2.75, 3.05) is 27.9 Å². The third-order valence-corrected chi connectivity index (χ3v) is 3.01. The van der Waals surface area contributed by atoms with Gasteiger partial charge in [0.25, 0.3) is 0 Å². The van der Waals surface area contributed by atoms with Crippen LogP contribution in [0.2, 0.25) is 0 Å². The summed E-state index contributed by atoms with van der Waals surface area (Å²) in [7, 11) is 4.58. The molecule has 20 heavy (non-hydrogen) atoms. The van der Waals surface area contributed by atoms with Crippen LogP contribution in [0.3, 0.4) is 0 Å². The van der Waals surface area contributed by atoms with Gasteiger partial charge < -0.3 is 29.5 Å². The molecule has 0 saturated carbocycles. The maximum absolute atomic E-state index is 9.96. The highest BCUT2D eigenvalue weighted by Gasteiger charge is 2.19. The molecule has 0 saturated heterocycles. The molecule has 0 aliphatic carbocycles. The molecule has 0 heterocycles. The zero-order chi connectivity index (χ0) is 15.1. The number of aliphatic hydroxyl groups is 3. The van der Waals surface area contributed by atoms with Crippen molar-refractivity contribution in [3.8, 4) is 17.2 Å². The zero-order valence-electron chi connectivity index (χ0n) is 12.0. The Bertz CT molecular complexity index is 395. The quantitative estimate of drug-likeness (QED) is 0.639. The van der Waals surface area contributed by atoms with Crippen molar-refractivity contribution in [2.45, 2.75) is 25.0 Å². The number of benzene rings is 1. The van der Waals surface area contributed by atoms with E-state index in [0.717, 1.165) is 0 Å². The highest BCUT2D eigenvalue weighted by molar-refractivity contribution is 5.51. The van der Waals surface area contributed by atoms with Crippen molar-refractivity contribution in [1.82, 2.24) is 0 Å². The molecule has 0 aliphatic rings. The van der Waals surface area contributed by atoms with Gasteiger partial charge in [-0.2, -0.15) is 0 Å². The van der Waals surface area contributed by atoms with Gasteiger partial charge in [0.05, 0.1) is 40.1 Å². The Morgan fingerprint density at radius 3 is 1.90 bits per heavy atom. The fraction of sp³-hybridized carbons (Fsp3) is 0.571. The Balaban J connectivity index is 2.97. The van der Waals surface area contributed by atoms with E-state index in [-0.39, 0.29) is 19.4 Å². The average Bonchev–Trinajstić information content (AvgIpc) is 2.46. The molecule has 1 aromatic carbocycles. The number of ether oxygens (including phenoxy) is 3. The molecule has 2 atom stereocenters. The fourth-order valence-electron chi connectivity index (χ4n) is 1.99. The first-order chi connectivity index (χ1) is 9.55. The molecule has 0 radical (unpaired) electrons. The lowest BCUT2D eigenvalue weighted by Crippen LogP contribution is -2.22. The summed E-state index contributed by atoms with van der Waals surface area (Å²) < 4.78 is 15.7. The number of aliphatic hydroxyl groups excluding tert-OH is 3. The minimum Gasteiger partial charge on any atom is -0.496 e. The standard InChI is InChI=1S/C14H22O6/c1-18-11-6-13(19-2)12(14(7-11)20-3)5-9(16)4-10(17)8-15/h6-7,9-10,15-17H,4-5,8H2,1-3H3. The molecule has 1 aromatic rings. The van der Waals surface area contributed by atoms with Gasteiger partial charge in [0.15, 0.2) is 0 Å². The molecule has 0 fully saturated rings. The zero-order valence-corrected chi connectivity index (χ0v) is 12.0. The molecule has 6 heteroatoms. The second kappa shape index (κ2) is 7.94. The summed E-state index contributed by atoms with van der Waals surface area (Å²) in [4.78, 5) is 0. The summed E-state index contributed by atoms with van der Waals surface area (Å²) in [5.74, 6) is 1.67. The Labute approximate surface area is 118 Å². The summed E-state index contributed by atoms with van der Waals surface area (Å²) in [6.45, 7) is -0.381. The van der Waals surface area contributed by atoms with Crippen molar-refractivity contribution in [3.63, 3.8) is 0 Å². The van der Waals surface area contributed by atoms with Gasteiger partial charge in [0.1, 0.15) is 17.2 Å². The third-order valence-electron chi connectivity index (χ3n) is 3.01. The van der Waals surface area contributed by atoms with Gasteiger partial charge in [0.2, 0.25) is 0 Å². The van der Waals surface area contributed by atoms with E-state index in [1.165, 1.54) is 14.2 Å². The second-order valence-corrected chi connectivity index (χ2v) is 4.44. The van der Waals surface area contributed by atoms with E-state index in [9.17, 15) is 10.2 Å². The Hall–Kier alpha value is -1.50. The Morgan fingerprint density at radius 2 is 1.50 bits per heavy atom. The minimum absolute atomic E-state index is 0.0782. The first-order valence-corrected chi connectivity index (χ1v) is 6.31. The number of hydrogen-bond donors (Lipinski definition) is 3. The molecule has 0 bridgehead atoms. The molecule has 1 rings (SSSR count). The molecule has 0 aliphatic heterocycles. The predicted octanol–water partition coefficient (Wildman–Crippen LogP) is 0.359. The van der Waals surface area contributed by atoms with E-state index in [4.69, 9.17) is 19.3 Å². The van der Waals surface area contributed by atoms with Crippen molar-refractivity contribution in [3.05, 3.63) is 17.7 Å². The summed E-state index contributed by atoms with van der Waals surface area (Å²) in [6, 6.07) is 3.40. The lowest BCUT2D eigenvalue weighted by atomic mass is 10.0.